The predicted octanol–water partition coefficient (Wildman–Crippen LogP) is -0.284. The topological polar surface area (TPSA) is 69.5 Å². The zero-order valence-electron chi connectivity index (χ0n) is 5.80. The summed E-state index contributed by atoms with van der Waals surface area (Å²) in [5.74, 6) is 0. The second-order valence-corrected chi connectivity index (χ2v) is 2.11. The summed E-state index contributed by atoms with van der Waals surface area (Å²) in [7, 11) is 0. The monoisotopic (exact) mass is 190 g/mol. The molecule has 3 nitrogen and oxygen atoms in total. The third-order valence-corrected chi connectivity index (χ3v) is 1.33. The Morgan fingerprint density at radius 1 is 1.30 bits per heavy atom. The minimum Gasteiger partial charge on any atom is -0.412 e. The highest BCUT2D eigenvalue weighted by molar-refractivity contribution is 5.85. The Hall–Kier alpha value is 0.460. The zero-order chi connectivity index (χ0) is 5.11. The van der Waals surface area contributed by atoms with Crippen LogP contribution in [-0.4, -0.2) is 24.6 Å². The first-order valence-electron chi connectivity index (χ1n) is 2.86. The highest BCUT2D eigenvalue weighted by atomic mass is 35.5. The van der Waals surface area contributed by atoms with Crippen LogP contribution in [0.3, 0.4) is 0 Å². The van der Waals surface area contributed by atoms with Crippen molar-refractivity contribution in [3.8, 4) is 0 Å². The van der Waals surface area contributed by atoms with Crippen LogP contribution in [0.25, 0.3) is 0 Å². The van der Waals surface area contributed by atoms with Gasteiger partial charge in [0.2, 0.25) is 0 Å². The summed E-state index contributed by atoms with van der Waals surface area (Å²) >= 11 is 0. The average Bonchev–Trinajstić information content (AvgIpc) is 1.69. The van der Waals surface area contributed by atoms with Crippen molar-refractivity contribution in [2.45, 2.75) is 18.9 Å². The lowest BCUT2D eigenvalue weighted by atomic mass is 10.1. The lowest BCUT2D eigenvalue weighted by Crippen LogP contribution is -2.39. The summed E-state index contributed by atoms with van der Waals surface area (Å²) in [6, 6.07) is 0.425. The van der Waals surface area contributed by atoms with Gasteiger partial charge in [0.25, 0.3) is 0 Å². The number of rotatable bonds is 0. The van der Waals surface area contributed by atoms with Crippen molar-refractivity contribution >= 4 is 24.8 Å². The van der Waals surface area contributed by atoms with Crippen molar-refractivity contribution < 1.29 is 5.48 Å². The Morgan fingerprint density at radius 2 is 1.90 bits per heavy atom. The summed E-state index contributed by atoms with van der Waals surface area (Å²) in [4.78, 5) is 0. The van der Waals surface area contributed by atoms with Crippen molar-refractivity contribution in [1.82, 2.24) is 5.32 Å². The maximum absolute atomic E-state index is 5.57. The number of nitrogens with two attached hydrogens (primary N) is 1. The van der Waals surface area contributed by atoms with Gasteiger partial charge in [-0.1, -0.05) is 0 Å². The van der Waals surface area contributed by atoms with Gasteiger partial charge < -0.3 is 16.5 Å². The molecule has 0 aromatic rings. The fraction of sp³-hybridized carbons (Fsp3) is 1.00. The quantitative estimate of drug-likeness (QED) is 0.552. The molecule has 0 unspecified atom stereocenters. The first-order valence-corrected chi connectivity index (χ1v) is 2.86. The van der Waals surface area contributed by atoms with Gasteiger partial charge in [-0.2, -0.15) is 0 Å². The molecule has 1 aliphatic rings. The van der Waals surface area contributed by atoms with Crippen LogP contribution < -0.4 is 11.1 Å². The van der Waals surface area contributed by atoms with E-state index in [0.717, 1.165) is 13.1 Å². The van der Waals surface area contributed by atoms with Crippen LogP contribution in [0.1, 0.15) is 12.8 Å². The van der Waals surface area contributed by atoms with Crippen LogP contribution in [-0.2, 0) is 0 Å². The van der Waals surface area contributed by atoms with Crippen LogP contribution in [0.15, 0.2) is 0 Å². The summed E-state index contributed by atoms with van der Waals surface area (Å²) in [6.45, 7) is 2.17. The Labute approximate surface area is 73.9 Å². The van der Waals surface area contributed by atoms with E-state index in [9.17, 15) is 0 Å². The number of hydrogen-bond donors (Lipinski definition) is 2. The lowest BCUT2D eigenvalue weighted by Gasteiger charge is -2.17. The normalized spacial score (nSPS) is 23.1. The maximum atomic E-state index is 5.57. The van der Waals surface area contributed by atoms with Gasteiger partial charge in [0.05, 0.1) is 0 Å². The van der Waals surface area contributed by atoms with Crippen molar-refractivity contribution in [1.29, 1.82) is 0 Å². The molecular weight excluding hydrogens is 175 g/mol. The molecule has 1 heterocycles. The third kappa shape index (κ3) is 6.58. The predicted molar refractivity (Wildman–Crippen MR) is 48.2 cm³/mol. The SMILES string of the molecule is Cl.Cl.N[C@@H]1CCCNC1.O. The van der Waals surface area contributed by atoms with Gasteiger partial charge in [-0.05, 0) is 19.4 Å². The first-order chi connectivity index (χ1) is 3.39. The van der Waals surface area contributed by atoms with Gasteiger partial charge in [-0.25, -0.2) is 0 Å². The molecule has 0 bridgehead atoms. The standard InChI is InChI=1S/C5H12N2.2ClH.H2O/c6-5-2-1-3-7-4-5;;;/h5,7H,1-4,6H2;2*1H;1H2/t5-;;;/m1.../s1. The van der Waals surface area contributed by atoms with E-state index in [1.807, 2.05) is 0 Å². The summed E-state index contributed by atoms with van der Waals surface area (Å²) in [5.41, 5.74) is 5.57. The van der Waals surface area contributed by atoms with E-state index in [2.05, 4.69) is 5.32 Å². The Morgan fingerprint density at radius 3 is 2.10 bits per heavy atom. The van der Waals surface area contributed by atoms with E-state index in [1.165, 1.54) is 12.8 Å². The number of piperidine rings is 1. The molecule has 5 N–H and O–H groups in total. The largest absolute Gasteiger partial charge is 0.412 e. The highest BCUT2D eigenvalue weighted by Crippen LogP contribution is 1.96. The fourth-order valence-corrected chi connectivity index (χ4v) is 0.879. The molecule has 0 amide bonds. The molecule has 5 heteroatoms. The van der Waals surface area contributed by atoms with Crippen molar-refractivity contribution in [2.75, 3.05) is 13.1 Å². The minimum atomic E-state index is 0. The Bertz CT molecular complexity index is 59.6. The van der Waals surface area contributed by atoms with Crippen LogP contribution in [0.2, 0.25) is 0 Å². The molecule has 1 aliphatic heterocycles. The molecule has 10 heavy (non-hydrogen) atoms. The van der Waals surface area contributed by atoms with E-state index in [-0.39, 0.29) is 30.3 Å². The van der Waals surface area contributed by atoms with Crippen molar-refractivity contribution in [2.24, 2.45) is 5.73 Å². The number of hydrogen-bond acceptors (Lipinski definition) is 2. The minimum absolute atomic E-state index is 0. The molecule has 0 saturated carbocycles. The first kappa shape index (κ1) is 16.8. The van der Waals surface area contributed by atoms with Gasteiger partial charge in [0, 0.05) is 12.6 Å². The second-order valence-electron chi connectivity index (χ2n) is 2.11. The molecule has 0 aromatic carbocycles. The Kier molecular flexibility index (Phi) is 15.9. The second kappa shape index (κ2) is 9.46. The van der Waals surface area contributed by atoms with E-state index >= 15 is 0 Å². The third-order valence-electron chi connectivity index (χ3n) is 1.33. The summed E-state index contributed by atoms with van der Waals surface area (Å²) < 4.78 is 0. The van der Waals surface area contributed by atoms with E-state index in [0.29, 0.717) is 6.04 Å². The molecule has 0 spiro atoms. The smallest absolute Gasteiger partial charge is 0.0165 e. The van der Waals surface area contributed by atoms with E-state index in [1.54, 1.807) is 0 Å². The molecular formula is C5H16Cl2N2O. The van der Waals surface area contributed by atoms with Crippen molar-refractivity contribution in [3.63, 3.8) is 0 Å². The average molecular weight is 191 g/mol. The van der Waals surface area contributed by atoms with Crippen LogP contribution in [0, 0.1) is 0 Å². The number of halogens is 2. The van der Waals surface area contributed by atoms with Crippen LogP contribution >= 0.6 is 24.8 Å². The zero-order valence-corrected chi connectivity index (χ0v) is 7.43. The van der Waals surface area contributed by atoms with Crippen molar-refractivity contribution in [3.05, 3.63) is 0 Å². The molecule has 1 rings (SSSR count). The molecule has 1 atom stereocenters. The lowest BCUT2D eigenvalue weighted by molar-refractivity contribution is 0.459. The van der Waals surface area contributed by atoms with E-state index in [4.69, 9.17) is 5.73 Å². The summed E-state index contributed by atoms with van der Waals surface area (Å²) in [6.07, 6.45) is 2.45. The molecule has 1 saturated heterocycles. The van der Waals surface area contributed by atoms with Gasteiger partial charge in [0.15, 0.2) is 0 Å². The molecule has 0 aromatic heterocycles. The fourth-order valence-electron chi connectivity index (χ4n) is 0.879. The Balaban J connectivity index is -0.000000163. The molecule has 1 fully saturated rings. The van der Waals surface area contributed by atoms with Gasteiger partial charge >= 0.3 is 0 Å². The number of nitrogens with one attached hydrogen (secondary N) is 1. The van der Waals surface area contributed by atoms with Gasteiger partial charge in [0.1, 0.15) is 0 Å². The van der Waals surface area contributed by atoms with E-state index < -0.39 is 0 Å². The van der Waals surface area contributed by atoms with Crippen LogP contribution in [0.5, 0.6) is 0 Å². The molecule has 0 aliphatic carbocycles. The van der Waals surface area contributed by atoms with Crippen LogP contribution in [0.4, 0.5) is 0 Å². The molecule has 0 radical (unpaired) electrons. The van der Waals surface area contributed by atoms with Gasteiger partial charge in [-0.3, -0.25) is 0 Å². The summed E-state index contributed by atoms with van der Waals surface area (Å²) in [5, 5.41) is 3.21. The highest BCUT2D eigenvalue weighted by Gasteiger charge is 2.05. The molecule has 66 valence electrons. The maximum Gasteiger partial charge on any atom is 0.0165 e. The van der Waals surface area contributed by atoms with Gasteiger partial charge in [-0.15, -0.1) is 24.8 Å².